The molecule has 23 heterocycles. The van der Waals surface area contributed by atoms with Gasteiger partial charge in [0.25, 0.3) is 0 Å². The van der Waals surface area contributed by atoms with Crippen LogP contribution in [0.15, 0.2) is 42.7 Å². The number of pyridine rings is 2. The van der Waals surface area contributed by atoms with Crippen LogP contribution in [0.25, 0.3) is 21.8 Å². The third-order valence-corrected chi connectivity index (χ3v) is 17.6. The van der Waals surface area contributed by atoms with Crippen molar-refractivity contribution in [1.82, 2.24) is 9.97 Å². The zero-order valence-electron chi connectivity index (χ0n) is 47.8. The molecule has 512 valence electrons. The van der Waals surface area contributed by atoms with Crippen molar-refractivity contribution in [1.29, 1.82) is 0 Å². The number of hydrogen-bond acceptors (Lipinski definition) is 37. The van der Waals surface area contributed by atoms with Crippen LogP contribution in [0.1, 0.15) is 0 Å². The van der Waals surface area contributed by atoms with Crippen LogP contribution in [0.5, 0.6) is 0 Å². The molecule has 0 radical (unpaired) electrons. The summed E-state index contributed by atoms with van der Waals surface area (Å²) >= 11 is 0. The van der Waals surface area contributed by atoms with Crippen LogP contribution in [0, 0.1) is 0 Å². The van der Waals surface area contributed by atoms with E-state index in [4.69, 9.17) is 66.3 Å². The van der Waals surface area contributed by atoms with Crippen LogP contribution in [0.4, 0.5) is 5.69 Å². The van der Waals surface area contributed by atoms with Gasteiger partial charge in [-0.1, -0.05) is 6.07 Å². The average molecular weight is 1310 g/mol. The minimum Gasteiger partial charge on any atom is -0.394 e. The van der Waals surface area contributed by atoms with Crippen LogP contribution in [-0.4, -0.2) is 373 Å². The Bertz CT molecular complexity index is 2830. The normalized spacial score (nSPS) is 48.7. The molecule has 0 amide bonds. The van der Waals surface area contributed by atoms with Crippen molar-refractivity contribution < 1.29 is 168 Å². The predicted molar refractivity (Wildman–Crippen MR) is 287 cm³/mol. The monoisotopic (exact) mass is 1310 g/mol. The second-order valence-corrected chi connectivity index (χ2v) is 23.2. The minimum absolute atomic E-state index is 0.398. The molecule has 0 spiro atoms. The highest BCUT2D eigenvalue weighted by Crippen LogP contribution is 2.40. The molecule has 1 aromatic carbocycles. The smallest absolute Gasteiger partial charge is 0.187 e. The Hall–Kier alpha value is -3.52. The second kappa shape index (κ2) is 29.1. The number of aliphatic hydroxyl groups is 20. The molecule has 14 bridgehead atoms. The van der Waals surface area contributed by atoms with Crippen LogP contribution in [0.3, 0.4) is 0 Å². The van der Waals surface area contributed by atoms with E-state index in [9.17, 15) is 102 Å². The maximum absolute atomic E-state index is 12.1. The number of hydrogen-bond donors (Lipinski definition) is 21. The van der Waals surface area contributed by atoms with Crippen LogP contribution in [-0.2, 0) is 66.3 Å². The fraction of sp³-hybridized carbons (Fsp3) is 0.778. The van der Waals surface area contributed by atoms with Crippen molar-refractivity contribution in [3.05, 3.63) is 42.7 Å². The molecule has 37 nitrogen and oxygen atoms in total. The standard InChI is InChI=1S/C54H77N3O34/c58-9-19-42-29(66)36(73)50(80-19)88-44-21(11-60)82-52(38(75)31(44)68)90-46-23(13-62)84-54(40(77)33(46)70)91-47-24(14-63)83-53(39(76)32(47)69)89-45-22(12-61)81-51(37(74)30(45)67)87-43-20(10-59)79-49(35(72)28(43)65)85-41-18(78-48(86-42)34(71)27(41)64)8-57-17-7-15-3-1-5-55-25(15)26-16(17)4-2-6-56-26/h1-7,18-24,27-54,57-77H,8-14H2/t18-,19-,20-,21-,22-,23-,24-,27-,28-,29-,30-,31-,32-,33-,34-,35-,36-,37-,38-,39-,40-,41-,42-,43-,44-,45-,46-,47-,48-,49-,50-,51-,52-,53-,54-/m1/s1. The molecule has 2 aromatic heterocycles. The molecule has 0 saturated carbocycles. The number of fused-ring (bicyclic) bond motifs is 3. The van der Waals surface area contributed by atoms with Gasteiger partial charge in [-0.2, -0.15) is 0 Å². The van der Waals surface area contributed by atoms with Crippen molar-refractivity contribution in [3.8, 4) is 0 Å². The molecule has 37 heteroatoms. The molecule has 3 aromatic rings. The second-order valence-electron chi connectivity index (χ2n) is 23.2. The number of benzene rings is 1. The number of ether oxygens (including phenoxy) is 14. The van der Waals surface area contributed by atoms with E-state index in [1.54, 1.807) is 42.7 Å². The highest BCUT2D eigenvalue weighted by atomic mass is 16.8. The van der Waals surface area contributed by atoms with Gasteiger partial charge in [0.05, 0.1) is 50.7 Å². The average Bonchev–Trinajstić information content (AvgIpc) is 0.950. The molecule has 21 aliphatic rings. The van der Waals surface area contributed by atoms with Gasteiger partial charge in [0.1, 0.15) is 171 Å². The summed E-state index contributed by atoms with van der Waals surface area (Å²) in [5, 5.41) is 230. The molecule has 21 fully saturated rings. The first-order chi connectivity index (χ1) is 43.6. The van der Waals surface area contributed by atoms with E-state index >= 15 is 0 Å². The van der Waals surface area contributed by atoms with Gasteiger partial charge >= 0.3 is 0 Å². The largest absolute Gasteiger partial charge is 0.394 e. The molecular weight excluding hydrogens is 1230 g/mol. The fourth-order valence-corrected chi connectivity index (χ4v) is 12.6. The molecule has 0 aliphatic carbocycles. The maximum atomic E-state index is 12.1. The lowest BCUT2D eigenvalue weighted by Crippen LogP contribution is -2.68. The molecule has 21 aliphatic heterocycles. The zero-order chi connectivity index (χ0) is 65.0. The van der Waals surface area contributed by atoms with Gasteiger partial charge in [0.2, 0.25) is 0 Å². The Kier molecular flexibility index (Phi) is 22.0. The number of rotatable bonds is 9. The van der Waals surface area contributed by atoms with Gasteiger partial charge < -0.3 is 174 Å². The van der Waals surface area contributed by atoms with Crippen molar-refractivity contribution in [2.45, 2.75) is 215 Å². The van der Waals surface area contributed by atoms with Crippen molar-refractivity contribution in [2.24, 2.45) is 0 Å². The van der Waals surface area contributed by atoms with Gasteiger partial charge in [-0.3, -0.25) is 9.97 Å². The lowest BCUT2D eigenvalue weighted by Gasteiger charge is -2.50. The third kappa shape index (κ3) is 13.3. The molecule has 91 heavy (non-hydrogen) atoms. The van der Waals surface area contributed by atoms with Gasteiger partial charge in [0.15, 0.2) is 44.0 Å². The SMILES string of the molecule is OC[C@H]1O[C@@H]2O[C@H]3[C@H](O)[C@@H](O)[C@@H](O[C@H]4[C@H](O)[C@@H](O)[C@@H](O[C@H]5[C@H](O)[C@@H](O)[C@@H](O[C@H]6[C@H](O)[C@@H](O)[C@@H](O[C@H]7[C@H](O)[C@@H](O)[C@@H](O[C@H]8[C@H](O)[C@@H](O)[C@@H](O[C@H]1[C@H](O)[C@H]2O)O[C@@H]8CO)O[C@@H]7CO)O[C@@H]6CO)O[C@@H]5CNc1cc2cccnc2c2ncccc12)O[C@@H]4CO)O[C@@H]3CO. The summed E-state index contributed by atoms with van der Waals surface area (Å²) in [7, 11) is 0. The summed E-state index contributed by atoms with van der Waals surface area (Å²) < 4.78 is 82.1. The number of anilines is 1. The van der Waals surface area contributed by atoms with Crippen molar-refractivity contribution >= 4 is 27.5 Å². The maximum Gasteiger partial charge on any atom is 0.187 e. The lowest BCUT2D eigenvalue weighted by molar-refractivity contribution is -0.396. The third-order valence-electron chi connectivity index (χ3n) is 17.6. The quantitative estimate of drug-likeness (QED) is 0.0885. The Balaban J connectivity index is 0.905. The van der Waals surface area contributed by atoms with E-state index < -0.39 is 261 Å². The van der Waals surface area contributed by atoms with E-state index in [1.807, 2.05) is 0 Å². The first kappa shape index (κ1) is 68.9. The summed E-state index contributed by atoms with van der Waals surface area (Å²) in [5.41, 5.74) is 1.42. The molecule has 21 saturated heterocycles. The summed E-state index contributed by atoms with van der Waals surface area (Å²) in [6.07, 6.45) is -67.2. The molecule has 21 N–H and O–H groups in total. The van der Waals surface area contributed by atoms with Gasteiger partial charge in [-0.15, -0.1) is 0 Å². The van der Waals surface area contributed by atoms with Crippen LogP contribution < -0.4 is 5.32 Å². The summed E-state index contributed by atoms with van der Waals surface area (Å²) in [6.45, 7) is -6.70. The van der Waals surface area contributed by atoms with Crippen LogP contribution in [0.2, 0.25) is 0 Å². The Morgan fingerprint density at radius 1 is 0.297 bits per heavy atom. The fourth-order valence-electron chi connectivity index (χ4n) is 12.6. The van der Waals surface area contributed by atoms with Gasteiger partial charge in [-0.25, -0.2) is 0 Å². The van der Waals surface area contributed by atoms with E-state index in [-0.39, 0.29) is 0 Å². The molecule has 24 rings (SSSR count). The van der Waals surface area contributed by atoms with E-state index in [0.717, 1.165) is 0 Å². The lowest BCUT2D eigenvalue weighted by atomic mass is 9.95. The number of aliphatic hydroxyl groups excluding tert-OH is 20. The summed E-state index contributed by atoms with van der Waals surface area (Å²) in [6, 6.07) is 8.56. The Morgan fingerprint density at radius 2 is 0.538 bits per heavy atom. The van der Waals surface area contributed by atoms with Crippen molar-refractivity contribution in [3.63, 3.8) is 0 Å². The Labute approximate surface area is 514 Å². The topological polar surface area (TPSA) is 572 Å². The summed E-state index contributed by atoms with van der Waals surface area (Å²) in [4.78, 5) is 8.97. The van der Waals surface area contributed by atoms with Crippen LogP contribution >= 0.6 is 0 Å². The predicted octanol–water partition coefficient (Wildman–Crippen LogP) is -12.0. The molecular formula is C54H77N3O34. The van der Waals surface area contributed by atoms with Gasteiger partial charge in [0, 0.05) is 35.4 Å². The highest BCUT2D eigenvalue weighted by molar-refractivity contribution is 6.08. The first-order valence-electron chi connectivity index (χ1n) is 29.4. The number of nitrogens with one attached hydrogen (secondary N) is 1. The van der Waals surface area contributed by atoms with Crippen molar-refractivity contribution in [2.75, 3.05) is 51.5 Å². The molecule has 35 atom stereocenters. The number of nitrogens with zero attached hydrogens (tertiary/aromatic N) is 2. The highest BCUT2D eigenvalue weighted by Gasteiger charge is 2.59. The zero-order valence-corrected chi connectivity index (χ0v) is 47.8. The van der Waals surface area contributed by atoms with E-state index in [0.29, 0.717) is 27.5 Å². The summed E-state index contributed by atoms with van der Waals surface area (Å²) in [5.74, 6) is 0. The first-order valence-corrected chi connectivity index (χ1v) is 29.4. The van der Waals surface area contributed by atoms with Gasteiger partial charge in [-0.05, 0) is 24.3 Å². The molecule has 0 unspecified atom stereocenters. The minimum atomic E-state index is -2.22. The number of aromatic nitrogens is 2. The van der Waals surface area contributed by atoms with E-state index in [1.165, 1.54) is 0 Å². The van der Waals surface area contributed by atoms with E-state index in [2.05, 4.69) is 15.3 Å². The Morgan fingerprint density at radius 3 is 0.813 bits per heavy atom.